The zero-order valence-corrected chi connectivity index (χ0v) is 11.7. The maximum atomic E-state index is 11.6. The molecule has 1 aromatic rings. The van der Waals surface area contributed by atoms with Gasteiger partial charge in [-0.3, -0.25) is 4.79 Å². The molecular weight excluding hydrogens is 274 g/mol. The van der Waals surface area contributed by atoms with Gasteiger partial charge in [-0.2, -0.15) is 0 Å². The summed E-state index contributed by atoms with van der Waals surface area (Å²) in [5.74, 6) is -0.813. The summed E-state index contributed by atoms with van der Waals surface area (Å²) in [7, 11) is 0. The van der Waals surface area contributed by atoms with Crippen LogP contribution in [-0.4, -0.2) is 22.8 Å². The third kappa shape index (κ3) is 5.65. The first-order valence-corrected chi connectivity index (χ1v) is 6.02. The van der Waals surface area contributed by atoms with Gasteiger partial charge in [-0.1, -0.05) is 0 Å². The van der Waals surface area contributed by atoms with Crippen molar-refractivity contribution >= 4 is 23.7 Å². The molecule has 0 bridgehead atoms. The highest BCUT2D eigenvalue weighted by Gasteiger charge is 2.24. The van der Waals surface area contributed by atoms with Crippen molar-refractivity contribution < 1.29 is 23.8 Å². The lowest BCUT2D eigenvalue weighted by atomic mass is 10.1. The second-order valence-electron chi connectivity index (χ2n) is 4.94. The minimum absolute atomic E-state index is 0.122. The molecule has 0 fully saturated rings. The summed E-state index contributed by atoms with van der Waals surface area (Å²) in [4.78, 5) is 22.4. The lowest BCUT2D eigenvalue weighted by molar-refractivity contribution is -0.137. The van der Waals surface area contributed by atoms with E-state index in [0.717, 1.165) is 0 Å². The molecule has 0 spiro atoms. The van der Waals surface area contributed by atoms with Crippen LogP contribution in [0.5, 0.6) is 0 Å². The van der Waals surface area contributed by atoms with Crippen LogP contribution in [0.4, 0.5) is 4.79 Å². The molecule has 1 atom stereocenters. The van der Waals surface area contributed by atoms with E-state index in [4.69, 9.17) is 25.9 Å². The second kappa shape index (κ2) is 5.97. The number of carbonyl (C=O) groups is 2. The van der Waals surface area contributed by atoms with Gasteiger partial charge in [-0.05, 0) is 44.5 Å². The molecular formula is C12H16ClNO5. The molecule has 7 heteroatoms. The van der Waals surface area contributed by atoms with Gasteiger partial charge in [0, 0.05) is 0 Å². The fraction of sp³-hybridized carbons (Fsp3) is 0.500. The minimum Gasteiger partial charge on any atom is -0.481 e. The fourth-order valence-electron chi connectivity index (χ4n) is 1.36. The van der Waals surface area contributed by atoms with Crippen LogP contribution < -0.4 is 5.32 Å². The Balaban J connectivity index is 2.76. The number of alkyl carbamates (subject to hydrolysis) is 1. The van der Waals surface area contributed by atoms with E-state index in [9.17, 15) is 9.59 Å². The third-order valence-corrected chi connectivity index (χ3v) is 2.21. The molecule has 0 unspecified atom stereocenters. The zero-order valence-electron chi connectivity index (χ0n) is 10.9. The van der Waals surface area contributed by atoms with Gasteiger partial charge in [0.15, 0.2) is 5.22 Å². The predicted molar refractivity (Wildman–Crippen MR) is 68.1 cm³/mol. The standard InChI is InChI=1S/C12H16ClNO5/c1-12(2,3)19-11(17)14-7(6-10(15)16)8-4-5-9(13)18-8/h4-5,7H,6H2,1-3H3,(H,14,17)(H,15,16)/t7-/m1/s1. The number of carboxylic acids is 1. The molecule has 0 aliphatic carbocycles. The summed E-state index contributed by atoms with van der Waals surface area (Å²) in [5, 5.41) is 11.4. The quantitative estimate of drug-likeness (QED) is 0.889. The van der Waals surface area contributed by atoms with E-state index in [1.165, 1.54) is 12.1 Å². The summed E-state index contributed by atoms with van der Waals surface area (Å²) < 4.78 is 10.2. The first kappa shape index (κ1) is 15.4. The maximum absolute atomic E-state index is 11.6. The first-order chi connectivity index (χ1) is 8.67. The molecule has 106 valence electrons. The number of hydrogen-bond donors (Lipinski definition) is 2. The number of carboxylic acid groups (broad SMARTS) is 1. The van der Waals surface area contributed by atoms with Gasteiger partial charge in [0.05, 0.1) is 6.42 Å². The Morgan fingerprint density at radius 3 is 2.53 bits per heavy atom. The van der Waals surface area contributed by atoms with Gasteiger partial charge in [0.25, 0.3) is 0 Å². The zero-order chi connectivity index (χ0) is 14.6. The normalized spacial score (nSPS) is 12.8. The summed E-state index contributed by atoms with van der Waals surface area (Å²) in [6.45, 7) is 5.13. The van der Waals surface area contributed by atoms with Crippen LogP contribution in [0.15, 0.2) is 16.5 Å². The van der Waals surface area contributed by atoms with Crippen LogP contribution in [0, 0.1) is 0 Å². The van der Waals surface area contributed by atoms with Crippen LogP contribution in [0.2, 0.25) is 5.22 Å². The van der Waals surface area contributed by atoms with E-state index in [-0.39, 0.29) is 17.4 Å². The summed E-state index contributed by atoms with van der Waals surface area (Å²) >= 11 is 5.63. The SMILES string of the molecule is CC(C)(C)OC(=O)N[C@H](CC(=O)O)c1ccc(Cl)o1. The van der Waals surface area contributed by atoms with Crippen molar-refractivity contribution in [2.75, 3.05) is 0 Å². The smallest absolute Gasteiger partial charge is 0.408 e. The van der Waals surface area contributed by atoms with Crippen molar-refractivity contribution in [1.82, 2.24) is 5.32 Å². The van der Waals surface area contributed by atoms with Crippen molar-refractivity contribution in [2.45, 2.75) is 38.8 Å². The van der Waals surface area contributed by atoms with E-state index < -0.39 is 23.7 Å². The molecule has 19 heavy (non-hydrogen) atoms. The van der Waals surface area contributed by atoms with Crippen LogP contribution in [0.25, 0.3) is 0 Å². The highest BCUT2D eigenvalue weighted by molar-refractivity contribution is 6.28. The molecule has 1 heterocycles. The molecule has 0 aliphatic heterocycles. The fourth-order valence-corrected chi connectivity index (χ4v) is 1.51. The van der Waals surface area contributed by atoms with Crippen LogP contribution in [0.1, 0.15) is 39.0 Å². The lowest BCUT2D eigenvalue weighted by Gasteiger charge is -2.22. The van der Waals surface area contributed by atoms with Crippen molar-refractivity contribution in [3.63, 3.8) is 0 Å². The average molecular weight is 290 g/mol. The largest absolute Gasteiger partial charge is 0.481 e. The van der Waals surface area contributed by atoms with Crippen molar-refractivity contribution in [3.05, 3.63) is 23.1 Å². The highest BCUT2D eigenvalue weighted by atomic mass is 35.5. The van der Waals surface area contributed by atoms with Gasteiger partial charge < -0.3 is 19.6 Å². The Bertz CT molecular complexity index is 463. The number of amides is 1. The number of rotatable bonds is 4. The molecule has 1 aromatic heterocycles. The monoisotopic (exact) mass is 289 g/mol. The van der Waals surface area contributed by atoms with Gasteiger partial charge in [-0.15, -0.1) is 0 Å². The Hall–Kier alpha value is -1.69. The van der Waals surface area contributed by atoms with E-state index in [2.05, 4.69) is 5.32 Å². The van der Waals surface area contributed by atoms with Gasteiger partial charge in [0.2, 0.25) is 0 Å². The number of aliphatic carboxylic acids is 1. The summed E-state index contributed by atoms with van der Waals surface area (Å²) in [5.41, 5.74) is -0.668. The number of halogens is 1. The molecule has 0 aromatic carbocycles. The Kier molecular flexibility index (Phi) is 4.83. The van der Waals surface area contributed by atoms with Gasteiger partial charge in [-0.25, -0.2) is 4.79 Å². The average Bonchev–Trinajstić information content (AvgIpc) is 2.60. The van der Waals surface area contributed by atoms with E-state index in [0.29, 0.717) is 0 Å². The van der Waals surface area contributed by atoms with Crippen molar-refractivity contribution in [3.8, 4) is 0 Å². The van der Waals surface area contributed by atoms with Crippen LogP contribution in [-0.2, 0) is 9.53 Å². The van der Waals surface area contributed by atoms with Crippen LogP contribution in [0.3, 0.4) is 0 Å². The van der Waals surface area contributed by atoms with E-state index in [1.54, 1.807) is 20.8 Å². The van der Waals surface area contributed by atoms with Gasteiger partial charge >= 0.3 is 12.1 Å². The minimum atomic E-state index is -1.08. The number of hydrogen-bond acceptors (Lipinski definition) is 4. The Labute approximate surface area is 115 Å². The maximum Gasteiger partial charge on any atom is 0.408 e. The molecule has 0 radical (unpaired) electrons. The number of furan rings is 1. The van der Waals surface area contributed by atoms with Crippen molar-refractivity contribution in [2.24, 2.45) is 0 Å². The number of nitrogens with one attached hydrogen (secondary N) is 1. The topological polar surface area (TPSA) is 88.8 Å². The molecule has 1 amide bonds. The lowest BCUT2D eigenvalue weighted by Crippen LogP contribution is -2.35. The second-order valence-corrected chi connectivity index (χ2v) is 5.31. The van der Waals surface area contributed by atoms with Crippen LogP contribution >= 0.6 is 11.6 Å². The Morgan fingerprint density at radius 1 is 1.47 bits per heavy atom. The predicted octanol–water partition coefficient (Wildman–Crippen LogP) is 2.97. The molecule has 0 saturated heterocycles. The Morgan fingerprint density at radius 2 is 2.11 bits per heavy atom. The highest BCUT2D eigenvalue weighted by Crippen LogP contribution is 2.23. The first-order valence-electron chi connectivity index (χ1n) is 5.64. The molecule has 0 aliphatic rings. The third-order valence-electron chi connectivity index (χ3n) is 2.01. The summed E-state index contributed by atoms with van der Waals surface area (Å²) in [6.07, 6.45) is -1.05. The molecule has 0 saturated carbocycles. The van der Waals surface area contributed by atoms with Gasteiger partial charge in [0.1, 0.15) is 17.4 Å². The molecule has 6 nitrogen and oxygen atoms in total. The van der Waals surface area contributed by atoms with E-state index >= 15 is 0 Å². The van der Waals surface area contributed by atoms with E-state index in [1.807, 2.05) is 0 Å². The number of ether oxygens (including phenoxy) is 1. The number of carbonyl (C=O) groups excluding carboxylic acids is 1. The molecule has 2 N–H and O–H groups in total. The summed E-state index contributed by atoms with van der Waals surface area (Å²) in [6, 6.07) is 2.15. The molecule has 1 rings (SSSR count). The van der Waals surface area contributed by atoms with Crippen molar-refractivity contribution in [1.29, 1.82) is 0 Å².